The highest BCUT2D eigenvalue weighted by atomic mass is 79.9. The molecule has 3 nitrogen and oxygen atoms in total. The summed E-state index contributed by atoms with van der Waals surface area (Å²) in [5.41, 5.74) is 0.686. The van der Waals surface area contributed by atoms with E-state index in [9.17, 15) is 4.79 Å². The van der Waals surface area contributed by atoms with Gasteiger partial charge in [-0.1, -0.05) is 33.6 Å². The molecule has 0 atom stereocenters. The smallest absolute Gasteiger partial charge is 0.338 e. The third-order valence-electron chi connectivity index (χ3n) is 2.00. The third kappa shape index (κ3) is 2.29. The van der Waals surface area contributed by atoms with Crippen molar-refractivity contribution in [1.82, 2.24) is 4.98 Å². The van der Waals surface area contributed by atoms with E-state index < -0.39 is 5.97 Å². The standard InChI is InChI=1S/C10H5BrClNO2.ClH/c11-5-1-2-6-8(3-5)13-4-7(9(6)12)10(14)15;/h1-4H,(H,14,15);1H. The topological polar surface area (TPSA) is 50.2 Å². The van der Waals surface area contributed by atoms with Crippen molar-refractivity contribution >= 4 is 56.8 Å². The number of aromatic nitrogens is 1. The van der Waals surface area contributed by atoms with Crippen LogP contribution in [0.3, 0.4) is 0 Å². The molecule has 2 rings (SSSR count). The van der Waals surface area contributed by atoms with Crippen molar-refractivity contribution in [3.05, 3.63) is 39.5 Å². The van der Waals surface area contributed by atoms with E-state index in [4.69, 9.17) is 16.7 Å². The van der Waals surface area contributed by atoms with Gasteiger partial charge in [0.2, 0.25) is 0 Å². The van der Waals surface area contributed by atoms with Crippen LogP contribution >= 0.6 is 39.9 Å². The van der Waals surface area contributed by atoms with Crippen molar-refractivity contribution in [2.24, 2.45) is 0 Å². The van der Waals surface area contributed by atoms with Gasteiger partial charge in [-0.15, -0.1) is 12.4 Å². The Morgan fingerprint density at radius 1 is 1.44 bits per heavy atom. The zero-order valence-electron chi connectivity index (χ0n) is 7.78. The Kier molecular flexibility index (Phi) is 4.13. The highest BCUT2D eigenvalue weighted by Gasteiger charge is 2.12. The van der Waals surface area contributed by atoms with Crippen LogP contribution in [0.15, 0.2) is 28.9 Å². The average molecular weight is 323 g/mol. The molecule has 0 unspecified atom stereocenters. The van der Waals surface area contributed by atoms with E-state index >= 15 is 0 Å². The number of nitrogens with zero attached hydrogens (tertiary/aromatic N) is 1. The number of carboxylic acid groups (broad SMARTS) is 1. The number of pyridine rings is 1. The van der Waals surface area contributed by atoms with Gasteiger partial charge in [0.05, 0.1) is 16.1 Å². The lowest BCUT2D eigenvalue weighted by atomic mass is 10.1. The summed E-state index contributed by atoms with van der Waals surface area (Å²) >= 11 is 9.26. The fourth-order valence-electron chi connectivity index (χ4n) is 1.28. The lowest BCUT2D eigenvalue weighted by Gasteiger charge is -2.03. The van der Waals surface area contributed by atoms with Gasteiger partial charge in [-0.2, -0.15) is 0 Å². The quantitative estimate of drug-likeness (QED) is 0.869. The number of fused-ring (bicyclic) bond motifs is 1. The molecule has 0 aliphatic heterocycles. The van der Waals surface area contributed by atoms with Crippen LogP contribution in [0.2, 0.25) is 5.02 Å². The molecule has 1 N–H and O–H groups in total. The minimum atomic E-state index is -1.07. The van der Waals surface area contributed by atoms with Crippen molar-refractivity contribution in [3.8, 4) is 0 Å². The van der Waals surface area contributed by atoms with Gasteiger partial charge in [-0.05, 0) is 12.1 Å². The molecule has 0 aliphatic rings. The Labute approximate surface area is 111 Å². The molecule has 16 heavy (non-hydrogen) atoms. The molecule has 1 heterocycles. The van der Waals surface area contributed by atoms with Gasteiger partial charge in [-0.25, -0.2) is 4.79 Å². The van der Waals surface area contributed by atoms with Crippen LogP contribution in [0.5, 0.6) is 0 Å². The fourth-order valence-corrected chi connectivity index (χ4v) is 1.92. The number of rotatable bonds is 1. The third-order valence-corrected chi connectivity index (χ3v) is 2.90. The molecule has 0 saturated heterocycles. The molecule has 0 radical (unpaired) electrons. The fraction of sp³-hybridized carbons (Fsp3) is 0. The summed E-state index contributed by atoms with van der Waals surface area (Å²) in [4.78, 5) is 14.8. The Morgan fingerprint density at radius 3 is 2.75 bits per heavy atom. The molecule has 0 amide bonds. The summed E-state index contributed by atoms with van der Waals surface area (Å²) in [5, 5.41) is 9.71. The Balaban J connectivity index is 0.00000128. The number of hydrogen-bond acceptors (Lipinski definition) is 2. The second kappa shape index (κ2) is 4.99. The van der Waals surface area contributed by atoms with Gasteiger partial charge in [0, 0.05) is 16.1 Å². The van der Waals surface area contributed by atoms with Crippen molar-refractivity contribution in [2.75, 3.05) is 0 Å². The second-order valence-corrected chi connectivity index (χ2v) is 4.25. The summed E-state index contributed by atoms with van der Waals surface area (Å²) in [7, 11) is 0. The maximum Gasteiger partial charge on any atom is 0.338 e. The molecule has 1 aromatic heterocycles. The van der Waals surface area contributed by atoms with Crippen LogP contribution in [-0.2, 0) is 0 Å². The van der Waals surface area contributed by atoms with Crippen LogP contribution in [-0.4, -0.2) is 16.1 Å². The number of halogens is 3. The van der Waals surface area contributed by atoms with Crippen LogP contribution < -0.4 is 0 Å². The van der Waals surface area contributed by atoms with E-state index in [1.807, 2.05) is 0 Å². The lowest BCUT2D eigenvalue weighted by molar-refractivity contribution is 0.0697. The number of aromatic carboxylic acids is 1. The molecule has 1 aromatic carbocycles. The lowest BCUT2D eigenvalue weighted by Crippen LogP contribution is -1.99. The number of carbonyl (C=O) groups is 1. The molecule has 0 saturated carbocycles. The van der Waals surface area contributed by atoms with E-state index in [-0.39, 0.29) is 23.0 Å². The number of hydrogen-bond donors (Lipinski definition) is 1. The SMILES string of the molecule is Cl.O=C(O)c1cnc2cc(Br)ccc2c1Cl. The van der Waals surface area contributed by atoms with E-state index in [0.717, 1.165) is 4.47 Å². The van der Waals surface area contributed by atoms with Gasteiger partial charge in [0.1, 0.15) is 0 Å². The highest BCUT2D eigenvalue weighted by molar-refractivity contribution is 9.10. The molecule has 2 aromatic rings. The predicted molar refractivity (Wildman–Crippen MR) is 68.7 cm³/mol. The van der Waals surface area contributed by atoms with E-state index in [0.29, 0.717) is 10.9 Å². The van der Waals surface area contributed by atoms with Gasteiger partial charge >= 0.3 is 5.97 Å². The zero-order valence-corrected chi connectivity index (χ0v) is 10.9. The predicted octanol–water partition coefficient (Wildman–Crippen LogP) is 3.77. The normalized spacial score (nSPS) is 9.88. The summed E-state index contributed by atoms with van der Waals surface area (Å²) in [6.07, 6.45) is 1.26. The molecule has 0 spiro atoms. The monoisotopic (exact) mass is 321 g/mol. The van der Waals surface area contributed by atoms with Gasteiger partial charge in [0.15, 0.2) is 0 Å². The van der Waals surface area contributed by atoms with E-state index in [2.05, 4.69) is 20.9 Å². The first kappa shape index (κ1) is 13.2. The average Bonchev–Trinajstić information content (AvgIpc) is 2.17. The molecule has 0 fully saturated rings. The molecule has 6 heteroatoms. The largest absolute Gasteiger partial charge is 0.478 e. The second-order valence-electron chi connectivity index (χ2n) is 2.95. The van der Waals surface area contributed by atoms with E-state index in [1.54, 1.807) is 18.2 Å². The molecule has 0 aliphatic carbocycles. The molecular formula is C10H6BrCl2NO2. The van der Waals surface area contributed by atoms with Crippen molar-refractivity contribution < 1.29 is 9.90 Å². The van der Waals surface area contributed by atoms with Crippen LogP contribution in [0.4, 0.5) is 0 Å². The Hall–Kier alpha value is -0.840. The van der Waals surface area contributed by atoms with Gasteiger partial charge < -0.3 is 5.11 Å². The van der Waals surface area contributed by atoms with Crippen LogP contribution in [0, 0.1) is 0 Å². The first-order chi connectivity index (χ1) is 7.09. The minimum Gasteiger partial charge on any atom is -0.478 e. The maximum atomic E-state index is 10.8. The first-order valence-corrected chi connectivity index (χ1v) is 5.24. The molecule has 84 valence electrons. The van der Waals surface area contributed by atoms with E-state index in [1.165, 1.54) is 6.20 Å². The van der Waals surface area contributed by atoms with Crippen molar-refractivity contribution in [1.29, 1.82) is 0 Å². The Bertz CT molecular complexity index is 560. The first-order valence-electron chi connectivity index (χ1n) is 4.06. The minimum absolute atomic E-state index is 0. The zero-order chi connectivity index (χ0) is 11.0. The van der Waals surface area contributed by atoms with Gasteiger partial charge in [0.25, 0.3) is 0 Å². The van der Waals surface area contributed by atoms with Crippen LogP contribution in [0.25, 0.3) is 10.9 Å². The maximum absolute atomic E-state index is 10.8. The summed E-state index contributed by atoms with van der Waals surface area (Å²) in [5.74, 6) is -1.07. The van der Waals surface area contributed by atoms with Gasteiger partial charge in [-0.3, -0.25) is 4.98 Å². The molecule has 0 bridgehead atoms. The summed E-state index contributed by atoms with van der Waals surface area (Å²) in [6, 6.07) is 5.32. The highest BCUT2D eigenvalue weighted by Crippen LogP contribution is 2.27. The van der Waals surface area contributed by atoms with Crippen LogP contribution in [0.1, 0.15) is 10.4 Å². The molecular weight excluding hydrogens is 317 g/mol. The van der Waals surface area contributed by atoms with Crippen molar-refractivity contribution in [2.45, 2.75) is 0 Å². The summed E-state index contributed by atoms with van der Waals surface area (Å²) in [6.45, 7) is 0. The number of carboxylic acids is 1. The summed E-state index contributed by atoms with van der Waals surface area (Å²) < 4.78 is 0.877. The number of benzene rings is 1. The van der Waals surface area contributed by atoms with Crippen molar-refractivity contribution in [3.63, 3.8) is 0 Å². The Morgan fingerprint density at radius 2 is 2.12 bits per heavy atom.